The smallest absolute Gasteiger partial charge is 0.276 e. The Hall–Kier alpha value is -1.53. The van der Waals surface area contributed by atoms with E-state index in [1.54, 1.807) is 18.9 Å². The maximum atomic E-state index is 5.67. The van der Waals surface area contributed by atoms with Crippen molar-refractivity contribution < 1.29 is 13.9 Å². The van der Waals surface area contributed by atoms with Crippen LogP contribution in [0.2, 0.25) is 0 Å². The highest BCUT2D eigenvalue weighted by Crippen LogP contribution is 2.24. The van der Waals surface area contributed by atoms with Crippen molar-refractivity contribution in [2.24, 2.45) is 5.92 Å². The van der Waals surface area contributed by atoms with Gasteiger partial charge in [0.15, 0.2) is 0 Å². The Morgan fingerprint density at radius 3 is 2.86 bits per heavy atom. The van der Waals surface area contributed by atoms with Crippen LogP contribution in [0.1, 0.15) is 17.9 Å². The molecule has 1 saturated heterocycles. The zero-order valence-electron chi connectivity index (χ0n) is 11.9. The van der Waals surface area contributed by atoms with Crippen LogP contribution in [-0.2, 0) is 11.2 Å². The van der Waals surface area contributed by atoms with E-state index in [9.17, 15) is 0 Å². The molecule has 0 aliphatic carbocycles. The highest BCUT2D eigenvalue weighted by Gasteiger charge is 2.17. The summed E-state index contributed by atoms with van der Waals surface area (Å²) in [6.07, 6.45) is 1.77. The summed E-state index contributed by atoms with van der Waals surface area (Å²) in [5.74, 6) is 3.07. The quantitative estimate of drug-likeness (QED) is 0.765. The highest BCUT2D eigenvalue weighted by molar-refractivity contribution is 7.99. The van der Waals surface area contributed by atoms with Gasteiger partial charge in [0.25, 0.3) is 5.22 Å². The van der Waals surface area contributed by atoms with Gasteiger partial charge in [0.05, 0.1) is 20.1 Å². The third kappa shape index (κ3) is 3.98. The van der Waals surface area contributed by atoms with Crippen LogP contribution in [0, 0.1) is 5.92 Å². The van der Waals surface area contributed by atoms with Gasteiger partial charge in [-0.3, -0.25) is 0 Å². The van der Waals surface area contributed by atoms with E-state index in [0.29, 0.717) is 23.5 Å². The molecular weight excluding hydrogens is 288 g/mol. The van der Waals surface area contributed by atoms with E-state index < -0.39 is 0 Å². The zero-order valence-corrected chi connectivity index (χ0v) is 12.8. The first-order valence-electron chi connectivity index (χ1n) is 6.99. The van der Waals surface area contributed by atoms with Crippen LogP contribution in [0.3, 0.4) is 0 Å². The molecule has 1 fully saturated rings. The molecule has 1 atom stereocenters. The second-order valence-electron chi connectivity index (χ2n) is 5.03. The minimum Gasteiger partial charge on any atom is -0.497 e. The molecule has 6 heteroatoms. The molecule has 1 aromatic heterocycles. The predicted molar refractivity (Wildman–Crippen MR) is 79.7 cm³/mol. The standard InChI is InChI=1S/C15H18N2O3S/c1-18-13-4-2-11(3-5-13)8-14-16-17-15(20-14)21-10-12-6-7-19-9-12/h2-5,12H,6-10H2,1H3/t12-/m0/s1. The van der Waals surface area contributed by atoms with Crippen LogP contribution < -0.4 is 4.74 Å². The summed E-state index contributed by atoms with van der Waals surface area (Å²) < 4.78 is 16.2. The molecule has 1 aliphatic rings. The van der Waals surface area contributed by atoms with Gasteiger partial charge in [-0.05, 0) is 30.0 Å². The van der Waals surface area contributed by atoms with Crippen molar-refractivity contribution in [1.29, 1.82) is 0 Å². The Balaban J connectivity index is 1.53. The molecule has 1 aromatic carbocycles. The first-order valence-corrected chi connectivity index (χ1v) is 7.98. The lowest BCUT2D eigenvalue weighted by atomic mass is 10.1. The van der Waals surface area contributed by atoms with Gasteiger partial charge >= 0.3 is 0 Å². The Kier molecular flexibility index (Phi) is 4.77. The second-order valence-corrected chi connectivity index (χ2v) is 6.00. The van der Waals surface area contributed by atoms with Crippen molar-refractivity contribution in [3.8, 4) is 5.75 Å². The Morgan fingerprint density at radius 1 is 1.29 bits per heavy atom. The molecule has 5 nitrogen and oxygen atoms in total. The fourth-order valence-electron chi connectivity index (χ4n) is 2.19. The minimum atomic E-state index is 0.604. The lowest BCUT2D eigenvalue weighted by Crippen LogP contribution is -2.01. The van der Waals surface area contributed by atoms with E-state index in [4.69, 9.17) is 13.9 Å². The molecule has 112 valence electrons. The zero-order chi connectivity index (χ0) is 14.5. The van der Waals surface area contributed by atoms with Gasteiger partial charge in [0.2, 0.25) is 5.89 Å². The Bertz CT molecular complexity index is 565. The first-order chi connectivity index (χ1) is 10.3. The Labute approximate surface area is 128 Å². The predicted octanol–water partition coefficient (Wildman–Crippen LogP) is 2.80. The molecule has 0 bridgehead atoms. The highest BCUT2D eigenvalue weighted by atomic mass is 32.2. The summed E-state index contributed by atoms with van der Waals surface area (Å²) >= 11 is 1.61. The lowest BCUT2D eigenvalue weighted by Gasteiger charge is -2.03. The number of methoxy groups -OCH3 is 1. The van der Waals surface area contributed by atoms with Crippen molar-refractivity contribution in [3.05, 3.63) is 35.7 Å². The third-order valence-corrected chi connectivity index (χ3v) is 4.48. The van der Waals surface area contributed by atoms with Crippen LogP contribution in [0.5, 0.6) is 5.75 Å². The monoisotopic (exact) mass is 306 g/mol. The molecule has 2 heterocycles. The molecule has 0 N–H and O–H groups in total. The fraction of sp³-hybridized carbons (Fsp3) is 0.467. The normalized spacial score (nSPS) is 18.0. The van der Waals surface area contributed by atoms with Crippen LogP contribution >= 0.6 is 11.8 Å². The summed E-state index contributed by atoms with van der Waals surface area (Å²) in [6, 6.07) is 7.88. The van der Waals surface area contributed by atoms with E-state index in [2.05, 4.69) is 10.2 Å². The van der Waals surface area contributed by atoms with Gasteiger partial charge in [-0.2, -0.15) is 0 Å². The largest absolute Gasteiger partial charge is 0.497 e. The maximum absolute atomic E-state index is 5.67. The van der Waals surface area contributed by atoms with E-state index in [1.807, 2.05) is 24.3 Å². The second kappa shape index (κ2) is 6.95. The number of nitrogens with zero attached hydrogens (tertiary/aromatic N) is 2. The van der Waals surface area contributed by atoms with Crippen LogP contribution in [0.25, 0.3) is 0 Å². The molecule has 0 unspecified atom stereocenters. The average molecular weight is 306 g/mol. The van der Waals surface area contributed by atoms with Crippen molar-refractivity contribution in [2.45, 2.75) is 18.1 Å². The summed E-state index contributed by atoms with van der Waals surface area (Å²) in [5.41, 5.74) is 1.13. The minimum absolute atomic E-state index is 0.604. The number of ether oxygens (including phenoxy) is 2. The summed E-state index contributed by atoms with van der Waals surface area (Å²) in [7, 11) is 1.66. The van der Waals surface area contributed by atoms with Crippen molar-refractivity contribution in [2.75, 3.05) is 26.1 Å². The van der Waals surface area contributed by atoms with E-state index in [-0.39, 0.29) is 0 Å². The van der Waals surface area contributed by atoms with Crippen LogP contribution in [0.4, 0.5) is 0 Å². The van der Waals surface area contributed by atoms with E-state index in [1.165, 1.54) is 0 Å². The molecule has 0 radical (unpaired) electrons. The van der Waals surface area contributed by atoms with Crippen molar-refractivity contribution in [1.82, 2.24) is 10.2 Å². The number of rotatable bonds is 6. The van der Waals surface area contributed by atoms with Gasteiger partial charge in [-0.1, -0.05) is 23.9 Å². The molecule has 3 rings (SSSR count). The first kappa shape index (κ1) is 14.4. The molecular formula is C15H18N2O3S. The van der Waals surface area contributed by atoms with Gasteiger partial charge in [-0.15, -0.1) is 10.2 Å². The van der Waals surface area contributed by atoms with Gasteiger partial charge in [-0.25, -0.2) is 0 Å². The third-order valence-electron chi connectivity index (χ3n) is 3.43. The molecule has 2 aromatic rings. The van der Waals surface area contributed by atoms with Crippen molar-refractivity contribution >= 4 is 11.8 Å². The average Bonchev–Trinajstić information content (AvgIpc) is 3.17. The summed E-state index contributed by atoms with van der Waals surface area (Å²) in [4.78, 5) is 0. The SMILES string of the molecule is COc1ccc(Cc2nnc(SC[C@H]3CCOC3)o2)cc1. The van der Waals surface area contributed by atoms with Crippen LogP contribution in [0.15, 0.2) is 33.9 Å². The number of hydrogen-bond donors (Lipinski definition) is 0. The van der Waals surface area contributed by atoms with E-state index >= 15 is 0 Å². The Morgan fingerprint density at radius 2 is 2.14 bits per heavy atom. The molecule has 0 saturated carbocycles. The van der Waals surface area contributed by atoms with Gasteiger partial charge < -0.3 is 13.9 Å². The van der Waals surface area contributed by atoms with E-state index in [0.717, 1.165) is 36.7 Å². The fourth-order valence-corrected chi connectivity index (χ4v) is 3.08. The molecule has 21 heavy (non-hydrogen) atoms. The lowest BCUT2D eigenvalue weighted by molar-refractivity contribution is 0.189. The molecule has 0 spiro atoms. The number of benzene rings is 1. The van der Waals surface area contributed by atoms with Crippen molar-refractivity contribution in [3.63, 3.8) is 0 Å². The molecule has 1 aliphatic heterocycles. The maximum Gasteiger partial charge on any atom is 0.276 e. The summed E-state index contributed by atoms with van der Waals surface area (Å²) in [6.45, 7) is 1.72. The number of aromatic nitrogens is 2. The molecule has 0 amide bonds. The summed E-state index contributed by atoms with van der Waals surface area (Å²) in [5, 5.41) is 8.83. The van der Waals surface area contributed by atoms with Crippen LogP contribution in [-0.4, -0.2) is 36.3 Å². The topological polar surface area (TPSA) is 57.4 Å². The van der Waals surface area contributed by atoms with Gasteiger partial charge in [0, 0.05) is 12.4 Å². The van der Waals surface area contributed by atoms with Gasteiger partial charge in [0.1, 0.15) is 5.75 Å². The number of hydrogen-bond acceptors (Lipinski definition) is 6. The number of thioether (sulfide) groups is 1.